The molecule has 5 rings (SSSR count). The number of benzene rings is 2. The summed E-state index contributed by atoms with van der Waals surface area (Å²) >= 11 is 1.70. The standard InChI is InChI=1S/C26H27NO5S/c28-26(21-6-7-24-25(14-21)32-18-31-24)27(16-23-5-2-10-29-23)15-20-3-1-4-22(13-20)30-11-8-19-9-12-33-17-19/h1,3-4,6-7,9,12-14,17,23H,2,5,8,10-11,15-16,18H2/t23-/m0/s1. The minimum absolute atomic E-state index is 0.0485. The maximum atomic E-state index is 13.5. The second kappa shape index (κ2) is 10.3. The molecule has 172 valence electrons. The second-order valence-corrected chi connectivity index (χ2v) is 9.05. The highest BCUT2D eigenvalue weighted by Gasteiger charge is 2.25. The van der Waals surface area contributed by atoms with Gasteiger partial charge in [0.25, 0.3) is 5.91 Å². The Morgan fingerprint density at radius 2 is 2.03 bits per heavy atom. The molecule has 0 radical (unpaired) electrons. The molecule has 7 heteroatoms. The van der Waals surface area contributed by atoms with Gasteiger partial charge in [0.05, 0.1) is 12.7 Å². The number of hydrogen-bond acceptors (Lipinski definition) is 6. The van der Waals surface area contributed by atoms with Gasteiger partial charge >= 0.3 is 0 Å². The molecule has 3 heterocycles. The van der Waals surface area contributed by atoms with E-state index in [1.165, 1.54) is 5.56 Å². The maximum absolute atomic E-state index is 13.5. The van der Waals surface area contributed by atoms with E-state index in [2.05, 4.69) is 16.8 Å². The Morgan fingerprint density at radius 3 is 2.88 bits per heavy atom. The van der Waals surface area contributed by atoms with Crippen molar-refractivity contribution in [3.63, 3.8) is 0 Å². The van der Waals surface area contributed by atoms with E-state index in [9.17, 15) is 4.79 Å². The molecular formula is C26H27NO5S. The third-order valence-corrected chi connectivity index (χ3v) is 6.60. The largest absolute Gasteiger partial charge is 0.493 e. The zero-order chi connectivity index (χ0) is 22.5. The topological polar surface area (TPSA) is 57.2 Å². The molecule has 1 aromatic heterocycles. The van der Waals surface area contributed by atoms with Crippen LogP contribution in [0.15, 0.2) is 59.3 Å². The molecule has 3 aromatic rings. The number of thiophene rings is 1. The predicted molar refractivity (Wildman–Crippen MR) is 126 cm³/mol. The number of nitrogens with zero attached hydrogens (tertiary/aromatic N) is 1. The molecule has 1 fully saturated rings. The molecule has 6 nitrogen and oxygen atoms in total. The van der Waals surface area contributed by atoms with Gasteiger partial charge in [-0.3, -0.25) is 4.79 Å². The van der Waals surface area contributed by atoms with Crippen LogP contribution < -0.4 is 14.2 Å². The minimum atomic E-state index is -0.0485. The Hall–Kier alpha value is -3.03. The highest BCUT2D eigenvalue weighted by molar-refractivity contribution is 7.07. The summed E-state index contributed by atoms with van der Waals surface area (Å²) in [6.07, 6.45) is 2.94. The number of ether oxygens (including phenoxy) is 4. The van der Waals surface area contributed by atoms with Gasteiger partial charge in [-0.05, 0) is 71.1 Å². The average Bonchev–Trinajstić information content (AvgIpc) is 3.61. The Morgan fingerprint density at radius 1 is 1.09 bits per heavy atom. The quantitative estimate of drug-likeness (QED) is 0.449. The summed E-state index contributed by atoms with van der Waals surface area (Å²) in [6.45, 7) is 2.59. The third kappa shape index (κ3) is 5.49. The van der Waals surface area contributed by atoms with Crippen molar-refractivity contribution in [1.82, 2.24) is 4.90 Å². The van der Waals surface area contributed by atoms with Gasteiger partial charge in [0, 0.05) is 31.7 Å². The summed E-state index contributed by atoms with van der Waals surface area (Å²) in [5.41, 5.74) is 2.89. The molecule has 0 N–H and O–H groups in total. The fourth-order valence-electron chi connectivity index (χ4n) is 4.14. The van der Waals surface area contributed by atoms with Crippen molar-refractivity contribution in [2.75, 3.05) is 26.6 Å². The molecule has 0 bridgehead atoms. The summed E-state index contributed by atoms with van der Waals surface area (Å²) in [4.78, 5) is 15.3. The zero-order valence-electron chi connectivity index (χ0n) is 18.4. The number of fused-ring (bicyclic) bond motifs is 1. The first-order valence-electron chi connectivity index (χ1n) is 11.3. The van der Waals surface area contributed by atoms with Gasteiger partial charge in [-0.25, -0.2) is 0 Å². The smallest absolute Gasteiger partial charge is 0.254 e. The lowest BCUT2D eigenvalue weighted by Crippen LogP contribution is -2.37. The van der Waals surface area contributed by atoms with E-state index in [-0.39, 0.29) is 18.8 Å². The lowest BCUT2D eigenvalue weighted by atomic mass is 10.1. The summed E-state index contributed by atoms with van der Waals surface area (Å²) in [5.74, 6) is 2.05. The van der Waals surface area contributed by atoms with E-state index in [0.717, 1.165) is 37.2 Å². The van der Waals surface area contributed by atoms with Crippen LogP contribution in [0.1, 0.15) is 34.3 Å². The first kappa shape index (κ1) is 21.8. The van der Waals surface area contributed by atoms with Gasteiger partial charge in [0.15, 0.2) is 11.5 Å². The Labute approximate surface area is 197 Å². The second-order valence-electron chi connectivity index (χ2n) is 8.27. The van der Waals surface area contributed by atoms with Crippen LogP contribution in [0, 0.1) is 0 Å². The van der Waals surface area contributed by atoms with Crippen LogP contribution in [-0.2, 0) is 17.7 Å². The van der Waals surface area contributed by atoms with Crippen LogP contribution in [0.4, 0.5) is 0 Å². The van der Waals surface area contributed by atoms with Crippen molar-refractivity contribution >= 4 is 17.2 Å². The summed E-state index contributed by atoms with van der Waals surface area (Å²) in [6, 6.07) is 15.5. The lowest BCUT2D eigenvalue weighted by molar-refractivity contribution is 0.0507. The number of amides is 1. The molecule has 2 aromatic carbocycles. The van der Waals surface area contributed by atoms with Gasteiger partial charge in [-0.15, -0.1) is 0 Å². The highest BCUT2D eigenvalue weighted by atomic mass is 32.1. The Balaban J connectivity index is 1.29. The van der Waals surface area contributed by atoms with Gasteiger partial charge in [-0.1, -0.05) is 12.1 Å². The van der Waals surface area contributed by atoms with Gasteiger partial charge in [0.2, 0.25) is 6.79 Å². The molecule has 2 aliphatic rings. The first-order chi connectivity index (χ1) is 16.2. The normalized spacial score (nSPS) is 16.7. The number of carbonyl (C=O) groups is 1. The van der Waals surface area contributed by atoms with E-state index in [0.29, 0.717) is 36.8 Å². The molecule has 33 heavy (non-hydrogen) atoms. The van der Waals surface area contributed by atoms with Crippen LogP contribution in [0.5, 0.6) is 17.2 Å². The van der Waals surface area contributed by atoms with E-state index in [1.54, 1.807) is 29.5 Å². The molecule has 2 aliphatic heterocycles. The lowest BCUT2D eigenvalue weighted by Gasteiger charge is -2.26. The highest BCUT2D eigenvalue weighted by Crippen LogP contribution is 2.33. The van der Waals surface area contributed by atoms with Gasteiger partial charge in [0.1, 0.15) is 5.75 Å². The van der Waals surface area contributed by atoms with E-state index >= 15 is 0 Å². The summed E-state index contributed by atoms with van der Waals surface area (Å²) < 4.78 is 22.7. The number of carbonyl (C=O) groups excluding carboxylic acids is 1. The number of hydrogen-bond donors (Lipinski definition) is 0. The van der Waals surface area contributed by atoms with Gasteiger partial charge < -0.3 is 23.8 Å². The molecule has 1 amide bonds. The molecule has 0 spiro atoms. The minimum Gasteiger partial charge on any atom is -0.493 e. The van der Waals surface area contributed by atoms with Crippen molar-refractivity contribution in [3.05, 3.63) is 76.0 Å². The molecule has 0 unspecified atom stereocenters. The predicted octanol–water partition coefficient (Wildman–Crippen LogP) is 4.92. The molecule has 1 atom stereocenters. The van der Waals surface area contributed by atoms with Crippen LogP contribution in [0.25, 0.3) is 0 Å². The van der Waals surface area contributed by atoms with Crippen LogP contribution >= 0.6 is 11.3 Å². The SMILES string of the molecule is O=C(c1ccc2c(c1)OCO2)N(Cc1cccc(OCCc2ccsc2)c1)C[C@@H]1CCCO1. The van der Waals surface area contributed by atoms with E-state index in [4.69, 9.17) is 18.9 Å². The average molecular weight is 466 g/mol. The third-order valence-electron chi connectivity index (χ3n) is 5.87. The Kier molecular flexibility index (Phi) is 6.79. The van der Waals surface area contributed by atoms with E-state index < -0.39 is 0 Å². The number of rotatable bonds is 9. The molecule has 0 aliphatic carbocycles. The monoisotopic (exact) mass is 465 g/mol. The van der Waals surface area contributed by atoms with Crippen LogP contribution in [0.3, 0.4) is 0 Å². The van der Waals surface area contributed by atoms with E-state index in [1.807, 2.05) is 29.2 Å². The summed E-state index contributed by atoms with van der Waals surface area (Å²) in [7, 11) is 0. The van der Waals surface area contributed by atoms with Crippen molar-refractivity contribution in [2.24, 2.45) is 0 Å². The first-order valence-corrected chi connectivity index (χ1v) is 12.2. The van der Waals surface area contributed by atoms with Crippen molar-refractivity contribution < 1.29 is 23.7 Å². The fraction of sp³-hybridized carbons (Fsp3) is 0.346. The fourth-order valence-corrected chi connectivity index (χ4v) is 4.84. The van der Waals surface area contributed by atoms with Crippen LogP contribution in [0.2, 0.25) is 0 Å². The molecule has 1 saturated heterocycles. The molecular weight excluding hydrogens is 438 g/mol. The Bertz CT molecular complexity index is 1080. The van der Waals surface area contributed by atoms with Gasteiger partial charge in [-0.2, -0.15) is 11.3 Å². The maximum Gasteiger partial charge on any atom is 0.254 e. The van der Waals surface area contributed by atoms with Crippen LogP contribution in [-0.4, -0.2) is 43.5 Å². The van der Waals surface area contributed by atoms with Crippen molar-refractivity contribution in [3.8, 4) is 17.2 Å². The van der Waals surface area contributed by atoms with Crippen molar-refractivity contribution in [2.45, 2.75) is 31.9 Å². The zero-order valence-corrected chi connectivity index (χ0v) is 19.2. The van der Waals surface area contributed by atoms with Crippen molar-refractivity contribution in [1.29, 1.82) is 0 Å². The molecule has 0 saturated carbocycles. The summed E-state index contributed by atoms with van der Waals surface area (Å²) in [5, 5.41) is 4.22.